The lowest BCUT2D eigenvalue weighted by Gasteiger charge is -2.29. The van der Waals surface area contributed by atoms with Crippen LogP contribution in [0.5, 0.6) is 0 Å². The zero-order chi connectivity index (χ0) is 23.2. The fourth-order valence-corrected chi connectivity index (χ4v) is 5.04. The zero-order valence-electron chi connectivity index (χ0n) is 20.4. The van der Waals surface area contributed by atoms with Gasteiger partial charge in [0.05, 0.1) is 17.4 Å². The van der Waals surface area contributed by atoms with Crippen LogP contribution < -0.4 is 10.6 Å². The van der Waals surface area contributed by atoms with Gasteiger partial charge in [-0.05, 0) is 89.6 Å². The van der Waals surface area contributed by atoms with Gasteiger partial charge in [-0.15, -0.1) is 0 Å². The molecule has 1 aliphatic heterocycles. The number of nitrogens with one attached hydrogen (secondary N) is 2. The van der Waals surface area contributed by atoms with Crippen molar-refractivity contribution in [2.24, 2.45) is 0 Å². The Balaban J connectivity index is 1.55. The monoisotopic (exact) mass is 452 g/mol. The number of hydrogen-bond acceptors (Lipinski definition) is 7. The molecule has 0 aromatic carbocycles. The summed E-state index contributed by atoms with van der Waals surface area (Å²) < 4.78 is 0. The maximum absolute atomic E-state index is 9.89. The Hall–Kier alpha value is -2.25. The van der Waals surface area contributed by atoms with Crippen molar-refractivity contribution in [2.75, 3.05) is 30.8 Å². The minimum absolute atomic E-state index is 0.172. The summed E-state index contributed by atoms with van der Waals surface area (Å²) in [7, 11) is 2.20. The van der Waals surface area contributed by atoms with Gasteiger partial charge in [0.25, 0.3) is 0 Å². The molecule has 2 aliphatic rings. The van der Waals surface area contributed by atoms with E-state index in [9.17, 15) is 5.11 Å². The number of hydrogen-bond donors (Lipinski definition) is 3. The molecule has 7 heteroatoms. The first kappa shape index (κ1) is 23.9. The van der Waals surface area contributed by atoms with Gasteiger partial charge in [0.15, 0.2) is 0 Å². The third kappa shape index (κ3) is 6.42. The number of likely N-dealkylation sites (tertiary alicyclic amines) is 1. The molecule has 1 saturated carbocycles. The van der Waals surface area contributed by atoms with Crippen LogP contribution in [0, 0.1) is 0 Å². The zero-order valence-corrected chi connectivity index (χ0v) is 20.4. The Labute approximate surface area is 198 Å². The molecule has 180 valence electrons. The molecule has 0 spiro atoms. The van der Waals surface area contributed by atoms with Gasteiger partial charge in [-0.2, -0.15) is 4.98 Å². The van der Waals surface area contributed by atoms with Crippen LogP contribution in [0.15, 0.2) is 24.5 Å². The van der Waals surface area contributed by atoms with Crippen LogP contribution in [0.25, 0.3) is 11.3 Å². The third-order valence-electron chi connectivity index (χ3n) is 7.18. The van der Waals surface area contributed by atoms with E-state index in [2.05, 4.69) is 53.5 Å². The molecule has 1 saturated heterocycles. The maximum Gasteiger partial charge on any atom is 0.224 e. The van der Waals surface area contributed by atoms with E-state index in [1.807, 2.05) is 12.4 Å². The van der Waals surface area contributed by atoms with Gasteiger partial charge in [0.2, 0.25) is 5.95 Å². The topological polar surface area (TPSA) is 86.2 Å². The fraction of sp³-hybridized carbons (Fsp3) is 0.654. The van der Waals surface area contributed by atoms with Crippen LogP contribution in [0.2, 0.25) is 0 Å². The van der Waals surface area contributed by atoms with Crippen molar-refractivity contribution in [2.45, 2.75) is 89.3 Å². The summed E-state index contributed by atoms with van der Waals surface area (Å²) in [6, 6.07) is 4.98. The first-order chi connectivity index (χ1) is 16.0. The van der Waals surface area contributed by atoms with Crippen molar-refractivity contribution in [3.05, 3.63) is 30.1 Å². The number of piperidine rings is 1. The lowest BCUT2D eigenvalue weighted by molar-refractivity contribution is 0.126. The Morgan fingerprint density at radius 1 is 1.06 bits per heavy atom. The number of aliphatic hydroxyl groups excluding tert-OH is 1. The van der Waals surface area contributed by atoms with Crippen molar-refractivity contribution in [1.82, 2.24) is 19.9 Å². The largest absolute Gasteiger partial charge is 0.393 e. The molecule has 2 aromatic heterocycles. The van der Waals surface area contributed by atoms with Crippen molar-refractivity contribution in [1.29, 1.82) is 0 Å². The number of pyridine rings is 1. The number of aliphatic hydroxyl groups is 1. The minimum atomic E-state index is -0.172. The summed E-state index contributed by atoms with van der Waals surface area (Å²) in [4.78, 5) is 16.7. The predicted molar refractivity (Wildman–Crippen MR) is 135 cm³/mol. The second kappa shape index (κ2) is 11.3. The van der Waals surface area contributed by atoms with Crippen molar-refractivity contribution >= 4 is 11.8 Å². The molecule has 1 atom stereocenters. The number of rotatable bonds is 8. The summed E-state index contributed by atoms with van der Waals surface area (Å²) in [5.41, 5.74) is 3.16. The first-order valence-electron chi connectivity index (χ1n) is 12.7. The quantitative estimate of drug-likeness (QED) is 0.537. The molecule has 0 radical (unpaired) electrons. The maximum atomic E-state index is 9.89. The molecular weight excluding hydrogens is 412 g/mol. The lowest BCUT2D eigenvalue weighted by atomic mass is 9.90. The first-order valence-corrected chi connectivity index (χ1v) is 12.7. The Bertz CT molecular complexity index is 873. The number of anilines is 2. The smallest absolute Gasteiger partial charge is 0.224 e. The van der Waals surface area contributed by atoms with E-state index >= 15 is 0 Å². The van der Waals surface area contributed by atoms with Crippen LogP contribution in [0.1, 0.15) is 76.7 Å². The number of aromatic nitrogens is 3. The summed E-state index contributed by atoms with van der Waals surface area (Å²) in [6.45, 7) is 6.65. The molecule has 1 unspecified atom stereocenters. The highest BCUT2D eigenvalue weighted by Gasteiger charge is 2.22. The molecule has 7 nitrogen and oxygen atoms in total. The van der Waals surface area contributed by atoms with E-state index in [-0.39, 0.29) is 6.10 Å². The molecule has 4 rings (SSSR count). The highest BCUT2D eigenvalue weighted by Crippen LogP contribution is 2.31. The predicted octanol–water partition coefficient (Wildman–Crippen LogP) is 4.66. The molecule has 3 N–H and O–H groups in total. The van der Waals surface area contributed by atoms with E-state index in [1.54, 1.807) is 0 Å². The van der Waals surface area contributed by atoms with Gasteiger partial charge >= 0.3 is 0 Å². The molecule has 1 aliphatic carbocycles. The van der Waals surface area contributed by atoms with Crippen molar-refractivity contribution in [3.8, 4) is 11.3 Å². The van der Waals surface area contributed by atoms with Crippen molar-refractivity contribution in [3.63, 3.8) is 0 Å². The standard InChI is InChI=1S/C26H40N6O/c1-4-5-18(2)29-26-28-17-23(25(31-26)30-21-7-9-22(33)10-8-21)24-11-6-20(16-27-24)19-12-14-32(3)15-13-19/h6,11,16-19,21-22,33H,4-5,7-10,12-15H2,1-3H3,(H2,28,29,30,31). The van der Waals surface area contributed by atoms with Crippen molar-refractivity contribution < 1.29 is 5.11 Å². The summed E-state index contributed by atoms with van der Waals surface area (Å²) in [5.74, 6) is 2.08. The lowest BCUT2D eigenvalue weighted by Crippen LogP contribution is -2.29. The highest BCUT2D eigenvalue weighted by atomic mass is 16.3. The van der Waals surface area contributed by atoms with Gasteiger partial charge in [-0.3, -0.25) is 4.98 Å². The van der Waals surface area contributed by atoms with Crippen LogP contribution in [0.4, 0.5) is 11.8 Å². The average molecular weight is 453 g/mol. The van der Waals surface area contributed by atoms with Crippen LogP contribution in [-0.2, 0) is 0 Å². The second-order valence-electron chi connectivity index (χ2n) is 9.99. The van der Waals surface area contributed by atoms with Crippen LogP contribution in [0.3, 0.4) is 0 Å². The van der Waals surface area contributed by atoms with Gasteiger partial charge < -0.3 is 20.6 Å². The molecular formula is C26H40N6O. The Morgan fingerprint density at radius 2 is 1.82 bits per heavy atom. The van der Waals surface area contributed by atoms with Crippen LogP contribution >= 0.6 is 0 Å². The highest BCUT2D eigenvalue weighted by molar-refractivity contribution is 5.73. The SMILES string of the molecule is CCCC(C)Nc1ncc(-c2ccc(C3CCN(C)CC3)cn2)c(NC2CCC(O)CC2)n1. The molecule has 0 bridgehead atoms. The molecule has 0 amide bonds. The number of nitrogens with zero attached hydrogens (tertiary/aromatic N) is 4. The van der Waals surface area contributed by atoms with Gasteiger partial charge in [0.1, 0.15) is 5.82 Å². The second-order valence-corrected chi connectivity index (χ2v) is 9.99. The third-order valence-corrected chi connectivity index (χ3v) is 7.18. The van der Waals surface area contributed by atoms with Crippen LogP contribution in [-0.4, -0.2) is 63.3 Å². The van der Waals surface area contributed by atoms with Gasteiger partial charge in [-0.25, -0.2) is 4.98 Å². The van der Waals surface area contributed by atoms with E-state index < -0.39 is 0 Å². The average Bonchev–Trinajstić information content (AvgIpc) is 2.82. The van der Waals surface area contributed by atoms with E-state index in [0.717, 1.165) is 68.7 Å². The summed E-state index contributed by atoms with van der Waals surface area (Å²) in [5, 5.41) is 17.0. The minimum Gasteiger partial charge on any atom is -0.393 e. The van der Waals surface area contributed by atoms with E-state index in [1.165, 1.54) is 18.4 Å². The Morgan fingerprint density at radius 3 is 2.48 bits per heavy atom. The normalized spacial score (nSPS) is 23.3. The fourth-order valence-electron chi connectivity index (χ4n) is 5.04. The van der Waals surface area contributed by atoms with E-state index in [4.69, 9.17) is 9.97 Å². The molecule has 2 aromatic rings. The van der Waals surface area contributed by atoms with Gasteiger partial charge in [-0.1, -0.05) is 19.4 Å². The van der Waals surface area contributed by atoms with E-state index in [0.29, 0.717) is 23.9 Å². The molecule has 33 heavy (non-hydrogen) atoms. The molecule has 2 fully saturated rings. The summed E-state index contributed by atoms with van der Waals surface area (Å²) >= 11 is 0. The van der Waals surface area contributed by atoms with Gasteiger partial charge in [0, 0.05) is 24.5 Å². The summed E-state index contributed by atoms with van der Waals surface area (Å²) in [6.07, 6.45) is 11.9. The Kier molecular flexibility index (Phi) is 8.15. The molecule has 3 heterocycles.